The molecule has 0 spiro atoms. The van der Waals surface area contributed by atoms with Gasteiger partial charge in [0.25, 0.3) is 0 Å². The van der Waals surface area contributed by atoms with Gasteiger partial charge in [-0.15, -0.1) is 0 Å². The molecule has 0 bridgehead atoms. The third-order valence-electron chi connectivity index (χ3n) is 3.74. The van der Waals surface area contributed by atoms with Crippen LogP contribution in [-0.4, -0.2) is 51.7 Å². The van der Waals surface area contributed by atoms with Crippen LogP contribution in [0.15, 0.2) is 10.6 Å². The van der Waals surface area contributed by atoms with E-state index in [-0.39, 0.29) is 35.6 Å². The minimum absolute atomic E-state index is 0.0566. The van der Waals surface area contributed by atoms with Crippen molar-refractivity contribution in [2.45, 2.75) is 30.7 Å². The lowest BCUT2D eigenvalue weighted by molar-refractivity contribution is -0.152. The number of hydrogen-bond acceptors (Lipinski definition) is 5. The van der Waals surface area contributed by atoms with Gasteiger partial charge in [0.15, 0.2) is 0 Å². The third kappa shape index (κ3) is 1.87. The monoisotopic (exact) mass is 285 g/mol. The SMILES string of the molecule is O=C(O)C1=C(C2CCCO2)SC2C(CCO)C(=O)N12. The second-order valence-corrected chi connectivity index (χ2v) is 6.01. The minimum Gasteiger partial charge on any atom is -0.477 e. The average molecular weight is 285 g/mol. The van der Waals surface area contributed by atoms with Crippen molar-refractivity contribution >= 4 is 23.6 Å². The van der Waals surface area contributed by atoms with Crippen LogP contribution in [-0.2, 0) is 14.3 Å². The summed E-state index contributed by atoms with van der Waals surface area (Å²) in [4.78, 5) is 25.4. The van der Waals surface area contributed by atoms with E-state index in [0.29, 0.717) is 17.9 Å². The molecule has 3 unspecified atom stereocenters. The minimum atomic E-state index is -1.07. The van der Waals surface area contributed by atoms with E-state index in [2.05, 4.69) is 0 Å². The molecule has 0 aromatic heterocycles. The largest absolute Gasteiger partial charge is 0.477 e. The van der Waals surface area contributed by atoms with Crippen LogP contribution in [0.1, 0.15) is 19.3 Å². The number of amides is 1. The fraction of sp³-hybridized carbons (Fsp3) is 0.667. The van der Waals surface area contributed by atoms with Gasteiger partial charge in [0.2, 0.25) is 5.91 Å². The number of thioether (sulfide) groups is 1. The summed E-state index contributed by atoms with van der Waals surface area (Å²) in [5.74, 6) is -1.54. The van der Waals surface area contributed by atoms with Gasteiger partial charge in [-0.25, -0.2) is 4.79 Å². The summed E-state index contributed by atoms with van der Waals surface area (Å²) in [6.45, 7) is 0.583. The molecule has 3 heterocycles. The summed E-state index contributed by atoms with van der Waals surface area (Å²) in [5.41, 5.74) is 0.0843. The lowest BCUT2D eigenvalue weighted by Gasteiger charge is -2.42. The molecule has 7 heteroatoms. The van der Waals surface area contributed by atoms with Gasteiger partial charge < -0.3 is 14.9 Å². The molecule has 0 aliphatic carbocycles. The molecule has 3 rings (SSSR count). The van der Waals surface area contributed by atoms with Gasteiger partial charge in [0.05, 0.1) is 17.4 Å². The van der Waals surface area contributed by atoms with Crippen molar-refractivity contribution < 1.29 is 24.5 Å². The summed E-state index contributed by atoms with van der Waals surface area (Å²) >= 11 is 1.41. The Bertz CT molecular complexity index is 457. The number of rotatable bonds is 4. The zero-order valence-corrected chi connectivity index (χ0v) is 11.1. The highest BCUT2D eigenvalue weighted by Gasteiger charge is 2.56. The Morgan fingerprint density at radius 3 is 2.89 bits per heavy atom. The maximum absolute atomic E-state index is 12.0. The van der Waals surface area contributed by atoms with Gasteiger partial charge in [-0.1, -0.05) is 11.8 Å². The van der Waals surface area contributed by atoms with E-state index in [9.17, 15) is 14.7 Å². The number of carbonyl (C=O) groups excluding carboxylic acids is 1. The molecule has 2 fully saturated rings. The van der Waals surface area contributed by atoms with Crippen LogP contribution < -0.4 is 0 Å². The van der Waals surface area contributed by atoms with Crippen molar-refractivity contribution in [3.05, 3.63) is 10.6 Å². The number of carboxylic acid groups (broad SMARTS) is 1. The van der Waals surface area contributed by atoms with E-state index in [1.807, 2.05) is 0 Å². The molecule has 19 heavy (non-hydrogen) atoms. The van der Waals surface area contributed by atoms with Crippen molar-refractivity contribution in [1.29, 1.82) is 0 Å². The zero-order valence-electron chi connectivity index (χ0n) is 10.2. The number of β-lactam (4-membered cyclic amide) rings is 1. The Morgan fingerprint density at radius 1 is 1.53 bits per heavy atom. The summed E-state index contributed by atoms with van der Waals surface area (Å²) in [5, 5.41) is 18.1. The number of nitrogens with zero attached hydrogens (tertiary/aromatic N) is 1. The molecule has 6 nitrogen and oxygen atoms in total. The average Bonchev–Trinajstić information content (AvgIpc) is 3.00. The fourth-order valence-corrected chi connectivity index (χ4v) is 4.45. The predicted molar refractivity (Wildman–Crippen MR) is 67.1 cm³/mol. The molecule has 2 saturated heterocycles. The van der Waals surface area contributed by atoms with Gasteiger partial charge in [-0.05, 0) is 19.3 Å². The number of fused-ring (bicyclic) bond motifs is 1. The topological polar surface area (TPSA) is 87.1 Å². The van der Waals surface area contributed by atoms with Crippen LogP contribution >= 0.6 is 11.8 Å². The van der Waals surface area contributed by atoms with E-state index in [1.54, 1.807) is 0 Å². The highest BCUT2D eigenvalue weighted by atomic mass is 32.2. The van der Waals surface area contributed by atoms with Crippen molar-refractivity contribution in [2.75, 3.05) is 13.2 Å². The lowest BCUT2D eigenvalue weighted by Crippen LogP contribution is -2.57. The molecule has 104 valence electrons. The molecule has 0 aromatic carbocycles. The summed E-state index contributed by atoms with van der Waals surface area (Å²) in [6, 6.07) is 0. The van der Waals surface area contributed by atoms with Crippen LogP contribution in [0.4, 0.5) is 0 Å². The molecule has 0 saturated carbocycles. The van der Waals surface area contributed by atoms with Crippen LogP contribution in [0.3, 0.4) is 0 Å². The summed E-state index contributed by atoms with van der Waals surface area (Å²) in [7, 11) is 0. The van der Waals surface area contributed by atoms with E-state index in [4.69, 9.17) is 9.84 Å². The first-order valence-electron chi connectivity index (χ1n) is 6.34. The number of carbonyl (C=O) groups is 2. The number of aliphatic hydroxyl groups is 1. The third-order valence-corrected chi connectivity index (χ3v) is 5.23. The van der Waals surface area contributed by atoms with Crippen molar-refractivity contribution in [2.24, 2.45) is 5.92 Å². The highest BCUT2D eigenvalue weighted by Crippen LogP contribution is 2.52. The molecule has 3 atom stereocenters. The number of carboxylic acids is 1. The standard InChI is InChI=1S/C12H15NO5S/c14-4-3-6-10(15)13-8(12(16)17)9(19-11(6)13)7-2-1-5-18-7/h6-7,11,14H,1-5H2,(H,16,17). The van der Waals surface area contributed by atoms with Gasteiger partial charge in [0, 0.05) is 18.1 Å². The molecular formula is C12H15NO5S. The van der Waals surface area contributed by atoms with Crippen LogP contribution in [0, 0.1) is 5.92 Å². The molecule has 0 aromatic rings. The Balaban J connectivity index is 1.87. The smallest absolute Gasteiger partial charge is 0.353 e. The second kappa shape index (κ2) is 4.81. The van der Waals surface area contributed by atoms with E-state index in [0.717, 1.165) is 12.8 Å². The first-order chi connectivity index (χ1) is 9.15. The van der Waals surface area contributed by atoms with Gasteiger partial charge in [-0.3, -0.25) is 9.69 Å². The van der Waals surface area contributed by atoms with Gasteiger partial charge >= 0.3 is 5.97 Å². The normalized spacial score (nSPS) is 33.6. The van der Waals surface area contributed by atoms with E-state index in [1.165, 1.54) is 16.7 Å². The molecule has 2 N–H and O–H groups in total. The molecular weight excluding hydrogens is 270 g/mol. The quantitative estimate of drug-likeness (QED) is 0.726. The highest BCUT2D eigenvalue weighted by molar-refractivity contribution is 8.04. The van der Waals surface area contributed by atoms with Gasteiger partial charge in [-0.2, -0.15) is 0 Å². The number of aliphatic carboxylic acids is 1. The zero-order chi connectivity index (χ0) is 13.6. The van der Waals surface area contributed by atoms with E-state index < -0.39 is 5.97 Å². The van der Waals surface area contributed by atoms with E-state index >= 15 is 0 Å². The summed E-state index contributed by atoms with van der Waals surface area (Å²) < 4.78 is 5.54. The number of ether oxygens (including phenoxy) is 1. The lowest BCUT2D eigenvalue weighted by atomic mass is 9.94. The van der Waals surface area contributed by atoms with Gasteiger partial charge in [0.1, 0.15) is 5.70 Å². The Kier molecular flexibility index (Phi) is 3.28. The molecule has 3 aliphatic heterocycles. The Labute approximate surface area is 114 Å². The van der Waals surface area contributed by atoms with Crippen LogP contribution in [0.2, 0.25) is 0 Å². The summed E-state index contributed by atoms with van der Waals surface area (Å²) in [6.07, 6.45) is 1.92. The van der Waals surface area contributed by atoms with Crippen molar-refractivity contribution in [3.8, 4) is 0 Å². The maximum Gasteiger partial charge on any atom is 0.353 e. The van der Waals surface area contributed by atoms with Crippen LogP contribution in [0.5, 0.6) is 0 Å². The first kappa shape index (κ1) is 13.0. The van der Waals surface area contributed by atoms with Crippen molar-refractivity contribution in [3.63, 3.8) is 0 Å². The first-order valence-corrected chi connectivity index (χ1v) is 7.22. The van der Waals surface area contributed by atoms with Crippen molar-refractivity contribution in [1.82, 2.24) is 4.90 Å². The number of aliphatic hydroxyl groups excluding tert-OH is 1. The Morgan fingerprint density at radius 2 is 2.32 bits per heavy atom. The predicted octanol–water partition coefficient (Wildman–Crippen LogP) is 0.375. The number of hydrogen-bond donors (Lipinski definition) is 2. The Hall–Kier alpha value is -1.05. The molecule has 1 amide bonds. The fourth-order valence-electron chi connectivity index (χ4n) is 2.83. The van der Waals surface area contributed by atoms with Crippen LogP contribution in [0.25, 0.3) is 0 Å². The second-order valence-electron chi connectivity index (χ2n) is 4.86. The molecule has 0 radical (unpaired) electrons. The molecule has 3 aliphatic rings. The maximum atomic E-state index is 12.0.